The van der Waals surface area contributed by atoms with Crippen LogP contribution >= 0.6 is 0 Å². The van der Waals surface area contributed by atoms with Crippen LogP contribution in [0.1, 0.15) is 24.6 Å². The fourth-order valence-corrected chi connectivity index (χ4v) is 4.16. The summed E-state index contributed by atoms with van der Waals surface area (Å²) in [4.78, 5) is 24.2. The molecule has 1 aromatic carbocycles. The first-order valence-electron chi connectivity index (χ1n) is 9.95. The number of benzene rings is 1. The minimum absolute atomic E-state index is 0.229. The maximum absolute atomic E-state index is 13.1. The molecule has 2 aliphatic rings. The summed E-state index contributed by atoms with van der Waals surface area (Å²) in [5, 5.41) is 0. The molecule has 0 aliphatic carbocycles. The van der Waals surface area contributed by atoms with Crippen LogP contribution in [0.4, 0.5) is 5.69 Å². The minimum Gasteiger partial charge on any atom is -0.308 e. The third-order valence-electron chi connectivity index (χ3n) is 5.73. The van der Waals surface area contributed by atoms with Crippen molar-refractivity contribution >= 4 is 11.6 Å². The van der Waals surface area contributed by atoms with E-state index < -0.39 is 0 Å². The fraction of sp³-hybridized carbons (Fsp3) is 0.455. The first-order valence-corrected chi connectivity index (χ1v) is 9.95. The lowest BCUT2D eigenvalue weighted by molar-refractivity contribution is -0.120. The van der Waals surface area contributed by atoms with Gasteiger partial charge in [-0.1, -0.05) is 24.3 Å². The normalized spacial score (nSPS) is 21.1. The third kappa shape index (κ3) is 4.20. The van der Waals surface area contributed by atoms with Crippen LogP contribution in [0.3, 0.4) is 0 Å². The summed E-state index contributed by atoms with van der Waals surface area (Å²) in [7, 11) is 0. The van der Waals surface area contributed by atoms with Gasteiger partial charge in [-0.05, 0) is 43.5 Å². The molecule has 1 aromatic heterocycles. The molecule has 1 amide bonds. The standard InChI is InChI=1S/C22H28N4O/c1-18-9-10-19-6-2-3-8-21(19)26(18)22(27)17-25-14-12-24(13-15-25)16-20-7-4-5-11-23-20/h2-8,11,18H,9-10,12-17H2,1H3. The zero-order chi connectivity index (χ0) is 18.6. The average Bonchev–Trinajstić information content (AvgIpc) is 2.70. The maximum Gasteiger partial charge on any atom is 0.241 e. The van der Waals surface area contributed by atoms with Gasteiger partial charge in [0, 0.05) is 50.6 Å². The molecular formula is C22H28N4O. The van der Waals surface area contributed by atoms with Gasteiger partial charge in [-0.2, -0.15) is 0 Å². The SMILES string of the molecule is CC1CCc2ccccc2N1C(=O)CN1CCN(Cc2ccccn2)CC1. The Morgan fingerprint density at radius 1 is 1.04 bits per heavy atom. The second-order valence-corrected chi connectivity index (χ2v) is 7.65. The number of carbonyl (C=O) groups is 1. The number of aryl methyl sites for hydroxylation is 1. The van der Waals surface area contributed by atoms with Gasteiger partial charge in [-0.25, -0.2) is 0 Å². The van der Waals surface area contributed by atoms with Crippen molar-refractivity contribution in [3.8, 4) is 0 Å². The average molecular weight is 364 g/mol. The van der Waals surface area contributed by atoms with Crippen molar-refractivity contribution in [3.63, 3.8) is 0 Å². The molecule has 2 aromatic rings. The number of hydrogen-bond acceptors (Lipinski definition) is 4. The number of anilines is 1. The Bertz CT molecular complexity index is 771. The molecule has 2 aliphatic heterocycles. The summed E-state index contributed by atoms with van der Waals surface area (Å²) in [6.07, 6.45) is 3.95. The van der Waals surface area contributed by atoms with E-state index in [-0.39, 0.29) is 11.9 Å². The van der Waals surface area contributed by atoms with Crippen molar-refractivity contribution < 1.29 is 4.79 Å². The Morgan fingerprint density at radius 2 is 1.78 bits per heavy atom. The molecule has 0 radical (unpaired) electrons. The Kier molecular flexibility index (Phi) is 5.50. The second-order valence-electron chi connectivity index (χ2n) is 7.65. The van der Waals surface area contributed by atoms with Crippen molar-refractivity contribution in [2.24, 2.45) is 0 Å². The number of nitrogens with zero attached hydrogens (tertiary/aromatic N) is 4. The number of pyridine rings is 1. The van der Waals surface area contributed by atoms with Gasteiger partial charge in [0.05, 0.1) is 12.2 Å². The van der Waals surface area contributed by atoms with Gasteiger partial charge in [-0.3, -0.25) is 19.6 Å². The van der Waals surface area contributed by atoms with Gasteiger partial charge < -0.3 is 4.90 Å². The molecule has 5 heteroatoms. The van der Waals surface area contributed by atoms with Crippen LogP contribution in [-0.2, 0) is 17.8 Å². The summed E-state index contributed by atoms with van der Waals surface area (Å²) >= 11 is 0. The molecule has 142 valence electrons. The second kappa shape index (κ2) is 8.19. The molecule has 1 atom stereocenters. The number of amides is 1. The first-order chi connectivity index (χ1) is 13.2. The van der Waals surface area contributed by atoms with Crippen molar-refractivity contribution in [2.45, 2.75) is 32.4 Å². The summed E-state index contributed by atoms with van der Waals surface area (Å²) in [6.45, 7) is 7.39. The highest BCUT2D eigenvalue weighted by molar-refractivity contribution is 5.96. The minimum atomic E-state index is 0.229. The largest absolute Gasteiger partial charge is 0.308 e. The van der Waals surface area contributed by atoms with Gasteiger partial charge in [0.15, 0.2) is 0 Å². The lowest BCUT2D eigenvalue weighted by Gasteiger charge is -2.38. The van der Waals surface area contributed by atoms with E-state index in [2.05, 4.69) is 46.0 Å². The van der Waals surface area contributed by atoms with Gasteiger partial charge in [0.25, 0.3) is 0 Å². The molecule has 4 rings (SSSR count). The molecule has 1 fully saturated rings. The van der Waals surface area contributed by atoms with E-state index in [9.17, 15) is 4.79 Å². The van der Waals surface area contributed by atoms with E-state index in [4.69, 9.17) is 0 Å². The summed E-state index contributed by atoms with van der Waals surface area (Å²) in [6, 6.07) is 14.7. The molecular weight excluding hydrogens is 336 g/mol. The Hall–Kier alpha value is -2.24. The number of carbonyl (C=O) groups excluding carboxylic acids is 1. The Morgan fingerprint density at radius 3 is 2.56 bits per heavy atom. The molecule has 0 saturated carbocycles. The van der Waals surface area contributed by atoms with Crippen molar-refractivity contribution in [1.82, 2.24) is 14.8 Å². The summed E-state index contributed by atoms with van der Waals surface area (Å²) in [5.41, 5.74) is 3.51. The highest BCUT2D eigenvalue weighted by atomic mass is 16.2. The van der Waals surface area contributed by atoms with Crippen molar-refractivity contribution in [2.75, 3.05) is 37.6 Å². The summed E-state index contributed by atoms with van der Waals surface area (Å²) in [5.74, 6) is 0.229. The number of piperazine rings is 1. The third-order valence-corrected chi connectivity index (χ3v) is 5.73. The molecule has 27 heavy (non-hydrogen) atoms. The maximum atomic E-state index is 13.1. The predicted molar refractivity (Wildman–Crippen MR) is 108 cm³/mol. The van der Waals surface area contributed by atoms with E-state index in [1.54, 1.807) is 0 Å². The van der Waals surface area contributed by atoms with E-state index in [0.29, 0.717) is 6.54 Å². The zero-order valence-electron chi connectivity index (χ0n) is 16.1. The van der Waals surface area contributed by atoms with Crippen LogP contribution in [0.15, 0.2) is 48.7 Å². The number of rotatable bonds is 4. The van der Waals surface area contributed by atoms with Crippen LogP contribution in [-0.4, -0.2) is 59.5 Å². The van der Waals surface area contributed by atoms with E-state index in [1.165, 1.54) is 5.56 Å². The topological polar surface area (TPSA) is 39.7 Å². The first kappa shape index (κ1) is 18.1. The van der Waals surface area contributed by atoms with Gasteiger partial charge in [0.1, 0.15) is 0 Å². The molecule has 5 nitrogen and oxygen atoms in total. The van der Waals surface area contributed by atoms with E-state index in [1.807, 2.05) is 29.3 Å². The lowest BCUT2D eigenvalue weighted by Crippen LogP contribution is -2.52. The Labute approximate surface area is 161 Å². The van der Waals surface area contributed by atoms with Crippen LogP contribution in [0, 0.1) is 0 Å². The van der Waals surface area contributed by atoms with Gasteiger partial charge >= 0.3 is 0 Å². The van der Waals surface area contributed by atoms with Crippen LogP contribution in [0.25, 0.3) is 0 Å². The number of para-hydroxylation sites is 1. The summed E-state index contributed by atoms with van der Waals surface area (Å²) < 4.78 is 0. The number of aromatic nitrogens is 1. The fourth-order valence-electron chi connectivity index (χ4n) is 4.16. The molecule has 0 spiro atoms. The zero-order valence-corrected chi connectivity index (χ0v) is 16.1. The monoisotopic (exact) mass is 364 g/mol. The van der Waals surface area contributed by atoms with Crippen molar-refractivity contribution in [1.29, 1.82) is 0 Å². The molecule has 3 heterocycles. The van der Waals surface area contributed by atoms with E-state index >= 15 is 0 Å². The molecule has 1 saturated heterocycles. The highest BCUT2D eigenvalue weighted by Crippen LogP contribution is 2.30. The van der Waals surface area contributed by atoms with Crippen LogP contribution < -0.4 is 4.90 Å². The van der Waals surface area contributed by atoms with E-state index in [0.717, 1.165) is 56.9 Å². The predicted octanol–water partition coefficient (Wildman–Crippen LogP) is 2.57. The number of fused-ring (bicyclic) bond motifs is 1. The molecule has 0 bridgehead atoms. The molecule has 1 unspecified atom stereocenters. The van der Waals surface area contributed by atoms with Crippen LogP contribution in [0.5, 0.6) is 0 Å². The Balaban J connectivity index is 1.33. The smallest absolute Gasteiger partial charge is 0.241 e. The van der Waals surface area contributed by atoms with Crippen LogP contribution in [0.2, 0.25) is 0 Å². The quantitative estimate of drug-likeness (QED) is 0.836. The molecule has 0 N–H and O–H groups in total. The van der Waals surface area contributed by atoms with Crippen molar-refractivity contribution in [3.05, 3.63) is 59.9 Å². The highest BCUT2D eigenvalue weighted by Gasteiger charge is 2.29. The van der Waals surface area contributed by atoms with Gasteiger partial charge in [-0.15, -0.1) is 0 Å². The lowest BCUT2D eigenvalue weighted by atomic mass is 9.96. The number of hydrogen-bond donors (Lipinski definition) is 0. The van der Waals surface area contributed by atoms with Gasteiger partial charge in [0.2, 0.25) is 5.91 Å².